The van der Waals surface area contributed by atoms with E-state index in [1.807, 2.05) is 78.2 Å². The molecule has 0 spiro atoms. The summed E-state index contributed by atoms with van der Waals surface area (Å²) >= 11 is 0. The minimum Gasteiger partial charge on any atom is -0.458 e. The predicted molar refractivity (Wildman–Crippen MR) is 174 cm³/mol. The molecule has 2 amide bonds. The number of rotatable bonds is 11. The summed E-state index contributed by atoms with van der Waals surface area (Å²) in [6.45, 7) is 9.44. The fourth-order valence-corrected chi connectivity index (χ4v) is 5.73. The summed E-state index contributed by atoms with van der Waals surface area (Å²) in [6.07, 6.45) is -0.153. The maximum absolute atomic E-state index is 13.6. The van der Waals surface area contributed by atoms with Crippen LogP contribution in [0, 0.1) is 0 Å². The van der Waals surface area contributed by atoms with Gasteiger partial charge in [-0.1, -0.05) is 78.9 Å². The van der Waals surface area contributed by atoms with Crippen LogP contribution in [0.2, 0.25) is 0 Å². The van der Waals surface area contributed by atoms with E-state index in [0.717, 1.165) is 33.6 Å². The van der Waals surface area contributed by atoms with Crippen LogP contribution in [-0.4, -0.2) is 57.0 Å². The van der Waals surface area contributed by atoms with E-state index in [1.165, 1.54) is 0 Å². The summed E-state index contributed by atoms with van der Waals surface area (Å²) in [6, 6.07) is 24.0. The number of carbonyl (C=O) groups is 3. The third-order valence-corrected chi connectivity index (χ3v) is 7.88. The Hall–Kier alpha value is -4.99. The number of fused-ring (bicyclic) bond motifs is 3. The third kappa shape index (κ3) is 7.62. The van der Waals surface area contributed by atoms with Crippen LogP contribution < -0.4 is 10.6 Å². The zero-order valence-electron chi connectivity index (χ0n) is 26.9. The van der Waals surface area contributed by atoms with Crippen LogP contribution in [0.25, 0.3) is 11.1 Å². The lowest BCUT2D eigenvalue weighted by Crippen LogP contribution is -2.52. The highest BCUT2D eigenvalue weighted by molar-refractivity contribution is 5.89. The average molecular weight is 624 g/mol. The van der Waals surface area contributed by atoms with Crippen molar-refractivity contribution in [3.63, 3.8) is 0 Å². The summed E-state index contributed by atoms with van der Waals surface area (Å²) in [5.74, 6) is -0.0188. The van der Waals surface area contributed by atoms with Gasteiger partial charge in [-0.2, -0.15) is 0 Å². The van der Waals surface area contributed by atoms with Crippen LogP contribution >= 0.6 is 0 Å². The van der Waals surface area contributed by atoms with Crippen molar-refractivity contribution in [2.45, 2.75) is 77.6 Å². The van der Waals surface area contributed by atoms with E-state index in [9.17, 15) is 14.4 Å². The van der Waals surface area contributed by atoms with Crippen LogP contribution in [0.15, 0.2) is 78.9 Å². The molecule has 0 saturated carbocycles. The smallest absolute Gasteiger partial charge is 0.407 e. The first-order valence-corrected chi connectivity index (χ1v) is 15.6. The topological polar surface area (TPSA) is 124 Å². The molecule has 0 aliphatic heterocycles. The molecule has 0 bridgehead atoms. The normalized spacial score (nSPS) is 13.7. The Morgan fingerprint density at radius 1 is 0.848 bits per heavy atom. The lowest BCUT2D eigenvalue weighted by atomic mass is 9.98. The van der Waals surface area contributed by atoms with Gasteiger partial charge in [0.05, 0.1) is 0 Å². The Morgan fingerprint density at radius 3 is 2.04 bits per heavy atom. The lowest BCUT2D eigenvalue weighted by Gasteiger charge is -2.24. The molecule has 1 aliphatic rings. The van der Waals surface area contributed by atoms with E-state index in [0.29, 0.717) is 18.8 Å². The highest BCUT2D eigenvalue weighted by Gasteiger charge is 2.32. The Bertz CT molecular complexity index is 1650. The Morgan fingerprint density at radius 2 is 1.43 bits per heavy atom. The van der Waals surface area contributed by atoms with Gasteiger partial charge in [-0.3, -0.25) is 4.79 Å². The summed E-state index contributed by atoms with van der Waals surface area (Å²) in [4.78, 5) is 39.5. The van der Waals surface area contributed by atoms with Crippen LogP contribution in [0.1, 0.15) is 68.9 Å². The molecular weight excluding hydrogens is 582 g/mol. The van der Waals surface area contributed by atoms with Crippen molar-refractivity contribution in [3.05, 3.63) is 107 Å². The maximum atomic E-state index is 13.6. The number of hydrogen-bond acceptors (Lipinski definition) is 7. The van der Waals surface area contributed by atoms with Crippen molar-refractivity contribution in [1.82, 2.24) is 25.4 Å². The number of nitrogens with one attached hydrogen (secondary N) is 2. The number of hydrogen-bond donors (Lipinski definition) is 2. The average Bonchev–Trinajstić information content (AvgIpc) is 3.56. The lowest BCUT2D eigenvalue weighted by molar-refractivity contribution is -0.158. The second-order valence-electron chi connectivity index (χ2n) is 12.4. The second kappa shape index (κ2) is 14.0. The van der Waals surface area contributed by atoms with E-state index in [1.54, 1.807) is 27.7 Å². The molecule has 3 aromatic carbocycles. The van der Waals surface area contributed by atoms with Crippen molar-refractivity contribution in [1.29, 1.82) is 0 Å². The summed E-state index contributed by atoms with van der Waals surface area (Å²) in [7, 11) is 0. The van der Waals surface area contributed by atoms with E-state index in [4.69, 9.17) is 9.47 Å². The van der Waals surface area contributed by atoms with Gasteiger partial charge in [0.15, 0.2) is 0 Å². The summed E-state index contributed by atoms with van der Waals surface area (Å²) in [5, 5.41) is 14.2. The molecular formula is C36H41N5O5. The molecule has 0 radical (unpaired) electrons. The van der Waals surface area contributed by atoms with Gasteiger partial charge in [-0.15, -0.1) is 10.2 Å². The SMILES string of the molecule is CCn1c(Cc2ccccc2)nnc1C[C@H](NC(=O)OCC1c2ccccc2-c2ccccc21)C(=O)N[C@@H](C)C(=O)OC(C)(C)C. The first-order chi connectivity index (χ1) is 22.0. The van der Waals surface area contributed by atoms with Crippen molar-refractivity contribution in [3.8, 4) is 11.1 Å². The molecule has 0 unspecified atom stereocenters. The third-order valence-electron chi connectivity index (χ3n) is 7.88. The zero-order valence-corrected chi connectivity index (χ0v) is 26.9. The summed E-state index contributed by atoms with van der Waals surface area (Å²) < 4.78 is 13.1. The van der Waals surface area contributed by atoms with Crippen molar-refractivity contribution in [2.75, 3.05) is 6.61 Å². The van der Waals surface area contributed by atoms with E-state index >= 15 is 0 Å². The number of carbonyl (C=O) groups excluding carboxylic acids is 3. The van der Waals surface area contributed by atoms with Crippen LogP contribution in [-0.2, 0) is 38.4 Å². The Labute approximate surface area is 269 Å². The maximum Gasteiger partial charge on any atom is 0.407 e. The number of nitrogens with zero attached hydrogens (tertiary/aromatic N) is 3. The van der Waals surface area contributed by atoms with Crippen molar-refractivity contribution in [2.24, 2.45) is 0 Å². The van der Waals surface area contributed by atoms with Crippen LogP contribution in [0.4, 0.5) is 4.79 Å². The minimum absolute atomic E-state index is 0.0344. The first-order valence-electron chi connectivity index (χ1n) is 15.6. The standard InChI is InChI=1S/C36H41N5O5/c1-6-41-31(20-24-14-8-7-9-15-24)39-40-32(41)21-30(33(42)37-23(2)34(43)46-36(3,4)5)38-35(44)45-22-29-27-18-12-10-16-25(27)26-17-11-13-19-28(26)29/h7-19,23,29-30H,6,20-22H2,1-5H3,(H,37,42)(H,38,44)/t23-,30-/m0/s1. The van der Waals surface area contributed by atoms with Gasteiger partial charge in [0.1, 0.15) is 35.9 Å². The molecule has 46 heavy (non-hydrogen) atoms. The molecule has 0 saturated heterocycles. The van der Waals surface area contributed by atoms with Crippen molar-refractivity contribution >= 4 is 18.0 Å². The number of amides is 2. The molecule has 2 N–H and O–H groups in total. The molecule has 1 heterocycles. The number of esters is 1. The van der Waals surface area contributed by atoms with Gasteiger partial charge in [-0.25, -0.2) is 9.59 Å². The number of benzene rings is 3. The molecule has 10 heteroatoms. The van der Waals surface area contributed by atoms with Crippen molar-refractivity contribution < 1.29 is 23.9 Å². The molecule has 1 aliphatic carbocycles. The quantitative estimate of drug-likeness (QED) is 0.221. The van der Waals surface area contributed by atoms with Gasteiger partial charge < -0.3 is 24.7 Å². The van der Waals surface area contributed by atoms with Gasteiger partial charge in [0.2, 0.25) is 5.91 Å². The fourth-order valence-electron chi connectivity index (χ4n) is 5.73. The van der Waals surface area contributed by atoms with E-state index < -0.39 is 35.7 Å². The molecule has 240 valence electrons. The molecule has 5 rings (SSSR count). The largest absolute Gasteiger partial charge is 0.458 e. The Kier molecular flexibility index (Phi) is 9.84. The monoisotopic (exact) mass is 623 g/mol. The number of aromatic nitrogens is 3. The van der Waals surface area contributed by atoms with E-state index in [-0.39, 0.29) is 18.9 Å². The fraction of sp³-hybridized carbons (Fsp3) is 0.361. The highest BCUT2D eigenvalue weighted by Crippen LogP contribution is 2.44. The molecule has 10 nitrogen and oxygen atoms in total. The second-order valence-corrected chi connectivity index (χ2v) is 12.4. The molecule has 4 aromatic rings. The predicted octanol–water partition coefficient (Wildman–Crippen LogP) is 5.19. The summed E-state index contributed by atoms with van der Waals surface area (Å²) in [5.41, 5.74) is 4.75. The Balaban J connectivity index is 1.33. The minimum atomic E-state index is -1.10. The van der Waals surface area contributed by atoms with Crippen LogP contribution in [0.3, 0.4) is 0 Å². The molecule has 1 aromatic heterocycles. The number of ether oxygens (including phenoxy) is 2. The van der Waals surface area contributed by atoms with E-state index in [2.05, 4.69) is 33.0 Å². The first kappa shape index (κ1) is 32.4. The molecule has 2 atom stereocenters. The number of alkyl carbamates (subject to hydrolysis) is 1. The van der Waals surface area contributed by atoms with Gasteiger partial charge in [0.25, 0.3) is 0 Å². The zero-order chi connectivity index (χ0) is 32.8. The molecule has 0 fully saturated rings. The van der Waals surface area contributed by atoms with Gasteiger partial charge in [0, 0.05) is 25.3 Å². The van der Waals surface area contributed by atoms with Gasteiger partial charge >= 0.3 is 12.1 Å². The van der Waals surface area contributed by atoms with Gasteiger partial charge in [-0.05, 0) is 62.4 Å². The van der Waals surface area contributed by atoms with Crippen LogP contribution in [0.5, 0.6) is 0 Å². The highest BCUT2D eigenvalue weighted by atomic mass is 16.6.